The molecule has 0 unspecified atom stereocenters. The van der Waals surface area contributed by atoms with Gasteiger partial charge in [-0.2, -0.15) is 0 Å². The predicted molar refractivity (Wildman–Crippen MR) is 143 cm³/mol. The van der Waals surface area contributed by atoms with Gasteiger partial charge in [0.2, 0.25) is 0 Å². The van der Waals surface area contributed by atoms with E-state index in [0.717, 1.165) is 42.7 Å². The van der Waals surface area contributed by atoms with E-state index in [-0.39, 0.29) is 5.75 Å². The second kappa shape index (κ2) is 10.4. The van der Waals surface area contributed by atoms with E-state index in [1.807, 2.05) is 18.2 Å². The Hall–Kier alpha value is -2.77. The van der Waals surface area contributed by atoms with Gasteiger partial charge < -0.3 is 5.11 Å². The Labute approximate surface area is 203 Å². The number of allylic oxidation sites excluding steroid dienone is 1. The van der Waals surface area contributed by atoms with E-state index in [1.54, 1.807) is 6.07 Å². The molecule has 0 fully saturated rings. The van der Waals surface area contributed by atoms with Gasteiger partial charge in [0, 0.05) is 10.6 Å². The molecule has 0 bridgehead atoms. The second-order valence-electron chi connectivity index (χ2n) is 9.07. The summed E-state index contributed by atoms with van der Waals surface area (Å²) in [6, 6.07) is 21.2. The van der Waals surface area contributed by atoms with Gasteiger partial charge in [0.05, 0.1) is 0 Å². The quantitative estimate of drug-likeness (QED) is 0.376. The van der Waals surface area contributed by atoms with Crippen LogP contribution in [0.4, 0.5) is 0 Å². The van der Waals surface area contributed by atoms with Crippen LogP contribution in [0.25, 0.3) is 17.2 Å². The minimum Gasteiger partial charge on any atom is -0.507 e. The van der Waals surface area contributed by atoms with Gasteiger partial charge in [0.15, 0.2) is 0 Å². The van der Waals surface area contributed by atoms with Crippen molar-refractivity contribution in [2.24, 2.45) is 5.92 Å². The van der Waals surface area contributed by atoms with E-state index in [9.17, 15) is 5.11 Å². The third kappa shape index (κ3) is 5.09. The van der Waals surface area contributed by atoms with Crippen molar-refractivity contribution in [3.05, 3.63) is 106 Å². The van der Waals surface area contributed by atoms with Crippen LogP contribution in [0.3, 0.4) is 0 Å². The van der Waals surface area contributed by atoms with Crippen molar-refractivity contribution in [3.63, 3.8) is 0 Å². The lowest BCUT2D eigenvalue weighted by molar-refractivity contribution is 0.473. The minimum atomic E-state index is 0.242. The van der Waals surface area contributed by atoms with Crippen LogP contribution < -0.4 is 0 Å². The highest BCUT2D eigenvalue weighted by Gasteiger charge is 2.22. The van der Waals surface area contributed by atoms with Crippen LogP contribution in [0.15, 0.2) is 67.2 Å². The molecule has 0 aromatic heterocycles. The summed E-state index contributed by atoms with van der Waals surface area (Å²) in [5, 5.41) is 11.3. The standard InChI is InChI=1S/C31H33ClO/c1-4-21(5-2)18-23-10-13-24(14-11-23)31-27-16-12-22(6-3)19-25(27)8-7-9-29(31)28-17-15-26(32)20-30(28)33/h6,10-17,19-21,33H,3-5,7-9,18H2,1-2H3. The summed E-state index contributed by atoms with van der Waals surface area (Å²) in [6.45, 7) is 8.50. The molecular weight excluding hydrogens is 424 g/mol. The number of hydrogen-bond acceptors (Lipinski definition) is 1. The normalized spacial score (nSPS) is 13.7. The van der Waals surface area contributed by atoms with Crippen LogP contribution in [0, 0.1) is 5.92 Å². The van der Waals surface area contributed by atoms with E-state index in [1.165, 1.54) is 46.2 Å². The van der Waals surface area contributed by atoms with Crippen LogP contribution >= 0.6 is 11.6 Å². The summed E-state index contributed by atoms with van der Waals surface area (Å²) < 4.78 is 0. The van der Waals surface area contributed by atoms with Gasteiger partial charge in [-0.05, 0) is 88.8 Å². The summed E-state index contributed by atoms with van der Waals surface area (Å²) in [4.78, 5) is 0. The molecule has 2 heteroatoms. The van der Waals surface area contributed by atoms with E-state index < -0.39 is 0 Å². The monoisotopic (exact) mass is 456 g/mol. The van der Waals surface area contributed by atoms with Gasteiger partial charge >= 0.3 is 0 Å². The molecule has 0 saturated carbocycles. The molecule has 1 N–H and O–H groups in total. The zero-order valence-electron chi connectivity index (χ0n) is 19.7. The summed E-state index contributed by atoms with van der Waals surface area (Å²) in [7, 11) is 0. The molecule has 4 rings (SSSR count). The first-order valence-electron chi connectivity index (χ1n) is 12.1. The number of halogens is 1. The molecule has 3 aromatic carbocycles. The van der Waals surface area contributed by atoms with Crippen LogP contribution in [0.2, 0.25) is 5.02 Å². The molecule has 1 aliphatic carbocycles. The van der Waals surface area contributed by atoms with Crippen molar-refractivity contribution < 1.29 is 5.11 Å². The molecule has 33 heavy (non-hydrogen) atoms. The molecular formula is C31H33ClO. The van der Waals surface area contributed by atoms with E-state index in [4.69, 9.17) is 11.6 Å². The first-order chi connectivity index (χ1) is 16.0. The third-order valence-electron chi connectivity index (χ3n) is 7.02. The van der Waals surface area contributed by atoms with Gasteiger partial charge in [-0.15, -0.1) is 0 Å². The van der Waals surface area contributed by atoms with E-state index in [0.29, 0.717) is 5.02 Å². The Morgan fingerprint density at radius 2 is 1.67 bits per heavy atom. The highest BCUT2D eigenvalue weighted by atomic mass is 35.5. The number of phenols is 1. The van der Waals surface area contributed by atoms with Crippen molar-refractivity contribution in [1.29, 1.82) is 0 Å². The number of aryl methyl sites for hydroxylation is 1. The first kappa shape index (κ1) is 23.4. The molecule has 3 aromatic rings. The van der Waals surface area contributed by atoms with E-state index >= 15 is 0 Å². The Balaban J connectivity index is 1.88. The third-order valence-corrected chi connectivity index (χ3v) is 7.25. The molecule has 0 spiro atoms. The Morgan fingerprint density at radius 1 is 0.939 bits per heavy atom. The van der Waals surface area contributed by atoms with Gasteiger partial charge in [0.1, 0.15) is 5.75 Å². The maximum Gasteiger partial charge on any atom is 0.124 e. The van der Waals surface area contributed by atoms with Gasteiger partial charge in [-0.1, -0.05) is 93.4 Å². The van der Waals surface area contributed by atoms with Crippen molar-refractivity contribution in [2.75, 3.05) is 0 Å². The Kier molecular flexibility index (Phi) is 7.40. The van der Waals surface area contributed by atoms with Crippen LogP contribution in [0.1, 0.15) is 72.9 Å². The molecule has 0 amide bonds. The number of rotatable bonds is 7. The Morgan fingerprint density at radius 3 is 2.33 bits per heavy atom. The average Bonchev–Trinajstić information content (AvgIpc) is 3.02. The molecule has 0 saturated heterocycles. The van der Waals surface area contributed by atoms with Crippen molar-refractivity contribution in [1.82, 2.24) is 0 Å². The number of hydrogen-bond donors (Lipinski definition) is 1. The summed E-state index contributed by atoms with van der Waals surface area (Å²) >= 11 is 6.15. The van der Waals surface area contributed by atoms with Crippen molar-refractivity contribution in [2.45, 2.75) is 52.4 Å². The minimum absolute atomic E-state index is 0.242. The average molecular weight is 457 g/mol. The Bertz CT molecular complexity index is 1170. The molecule has 0 aliphatic heterocycles. The summed E-state index contributed by atoms with van der Waals surface area (Å²) in [6.07, 6.45) is 8.39. The second-order valence-corrected chi connectivity index (χ2v) is 9.51. The molecule has 0 radical (unpaired) electrons. The number of phenolic OH excluding ortho intramolecular Hbond substituents is 1. The smallest absolute Gasteiger partial charge is 0.124 e. The lowest BCUT2D eigenvalue weighted by Crippen LogP contribution is -2.02. The lowest BCUT2D eigenvalue weighted by Gasteiger charge is -2.19. The highest BCUT2D eigenvalue weighted by Crippen LogP contribution is 2.43. The fraction of sp³-hybridized carbons (Fsp3) is 0.290. The topological polar surface area (TPSA) is 20.2 Å². The zero-order chi connectivity index (χ0) is 23.4. The molecule has 1 nitrogen and oxygen atoms in total. The zero-order valence-corrected chi connectivity index (χ0v) is 20.5. The predicted octanol–water partition coefficient (Wildman–Crippen LogP) is 8.96. The fourth-order valence-corrected chi connectivity index (χ4v) is 5.18. The number of aromatic hydroxyl groups is 1. The number of fused-ring (bicyclic) bond motifs is 1. The maximum absolute atomic E-state index is 10.8. The molecule has 0 atom stereocenters. The summed E-state index contributed by atoms with van der Waals surface area (Å²) in [5.74, 6) is 0.971. The van der Waals surface area contributed by atoms with Crippen LogP contribution in [0.5, 0.6) is 5.75 Å². The fourth-order valence-electron chi connectivity index (χ4n) is 5.01. The number of benzene rings is 3. The van der Waals surface area contributed by atoms with Crippen LogP contribution in [-0.4, -0.2) is 5.11 Å². The maximum atomic E-state index is 10.8. The molecule has 0 heterocycles. The van der Waals surface area contributed by atoms with E-state index in [2.05, 4.69) is 62.9 Å². The van der Waals surface area contributed by atoms with Crippen molar-refractivity contribution in [3.8, 4) is 5.75 Å². The van der Waals surface area contributed by atoms with Crippen molar-refractivity contribution >= 4 is 28.8 Å². The van der Waals surface area contributed by atoms with Gasteiger partial charge in [0.25, 0.3) is 0 Å². The molecule has 170 valence electrons. The van der Waals surface area contributed by atoms with Gasteiger partial charge in [-0.25, -0.2) is 0 Å². The SMILES string of the molecule is C=Cc1ccc2c(c1)CCCC(c1ccc(Cl)cc1O)=C2c1ccc(CC(CC)CC)cc1. The summed E-state index contributed by atoms with van der Waals surface area (Å²) in [5.41, 5.74) is 9.58. The lowest BCUT2D eigenvalue weighted by atomic mass is 9.86. The largest absolute Gasteiger partial charge is 0.507 e. The first-order valence-corrected chi connectivity index (χ1v) is 12.5. The highest BCUT2D eigenvalue weighted by molar-refractivity contribution is 6.30. The molecule has 1 aliphatic rings. The van der Waals surface area contributed by atoms with Crippen LogP contribution in [-0.2, 0) is 12.8 Å². The van der Waals surface area contributed by atoms with Gasteiger partial charge in [-0.3, -0.25) is 0 Å².